The van der Waals surface area contributed by atoms with Crippen molar-refractivity contribution < 1.29 is 4.84 Å². The molecule has 0 aliphatic heterocycles. The minimum absolute atomic E-state index is 0.154. The summed E-state index contributed by atoms with van der Waals surface area (Å²) in [6.07, 6.45) is -0.366. The molecule has 0 fully saturated rings. The molecule has 28 heavy (non-hydrogen) atoms. The highest BCUT2D eigenvalue weighted by atomic mass is 16.7. The summed E-state index contributed by atoms with van der Waals surface area (Å²) in [4.78, 5) is 6.08. The second-order valence-corrected chi connectivity index (χ2v) is 6.93. The second-order valence-electron chi connectivity index (χ2n) is 6.93. The lowest BCUT2D eigenvalue weighted by molar-refractivity contribution is -0.0330. The van der Waals surface area contributed by atoms with E-state index in [4.69, 9.17) is 4.84 Å². The van der Waals surface area contributed by atoms with E-state index in [1.54, 1.807) is 4.68 Å². The molecule has 0 aliphatic rings. The van der Waals surface area contributed by atoms with Crippen LogP contribution in [0.5, 0.6) is 0 Å². The van der Waals surface area contributed by atoms with Crippen LogP contribution in [0, 0.1) is 5.92 Å². The molecule has 1 aromatic heterocycles. The van der Waals surface area contributed by atoms with Gasteiger partial charge in [0.15, 0.2) is 0 Å². The van der Waals surface area contributed by atoms with Gasteiger partial charge in [0.1, 0.15) is 11.2 Å². The van der Waals surface area contributed by atoms with E-state index in [1.807, 2.05) is 84.9 Å². The summed E-state index contributed by atoms with van der Waals surface area (Å²) >= 11 is 0. The Balaban J connectivity index is 1.73. The lowest BCUT2D eigenvalue weighted by Crippen LogP contribution is -2.19. The highest BCUT2D eigenvalue weighted by Crippen LogP contribution is 2.24. The third kappa shape index (κ3) is 3.64. The lowest BCUT2D eigenvalue weighted by Gasteiger charge is -2.20. The van der Waals surface area contributed by atoms with Crippen LogP contribution in [-0.2, 0) is 4.84 Å². The molecule has 4 rings (SSSR count). The number of benzene rings is 3. The van der Waals surface area contributed by atoms with Crippen molar-refractivity contribution in [1.82, 2.24) is 15.0 Å². The first-order valence-electron chi connectivity index (χ1n) is 9.38. The number of fused-ring (bicyclic) bond motifs is 1. The molecule has 1 unspecified atom stereocenters. The third-order valence-corrected chi connectivity index (χ3v) is 4.54. The van der Waals surface area contributed by atoms with E-state index < -0.39 is 0 Å². The predicted molar refractivity (Wildman–Crippen MR) is 111 cm³/mol. The number of hydrogen-bond donors (Lipinski definition) is 0. The van der Waals surface area contributed by atoms with Gasteiger partial charge in [-0.2, -0.15) is 0 Å². The number of rotatable bonds is 6. The van der Waals surface area contributed by atoms with Crippen LogP contribution in [0.4, 0.5) is 0 Å². The quantitative estimate of drug-likeness (QED) is 0.352. The van der Waals surface area contributed by atoms with Gasteiger partial charge in [0.05, 0.1) is 5.52 Å². The Labute approximate surface area is 164 Å². The summed E-state index contributed by atoms with van der Waals surface area (Å²) < 4.78 is 1.80. The lowest BCUT2D eigenvalue weighted by atomic mass is 10.0. The normalized spacial score (nSPS) is 12.1. The predicted octanol–water partition coefficient (Wildman–Crippen LogP) is 5.06. The number of nitrogens with zero attached hydrogens (tertiary/aromatic N) is 4. The molecule has 5 heteroatoms. The average molecular weight is 370 g/mol. The maximum absolute atomic E-state index is 6.08. The van der Waals surface area contributed by atoms with E-state index in [1.165, 1.54) is 0 Å². The second kappa shape index (κ2) is 8.05. The minimum atomic E-state index is -0.366. The molecule has 1 heterocycles. The highest BCUT2D eigenvalue weighted by molar-refractivity contribution is 6.12. The first-order valence-corrected chi connectivity index (χ1v) is 9.38. The zero-order valence-corrected chi connectivity index (χ0v) is 15.9. The Kier molecular flexibility index (Phi) is 5.15. The smallest absolute Gasteiger partial charge is 0.223 e. The fourth-order valence-electron chi connectivity index (χ4n) is 3.09. The molecule has 0 amide bonds. The molecule has 1 atom stereocenters. The van der Waals surface area contributed by atoms with Gasteiger partial charge in [-0.05, 0) is 12.1 Å². The Hall–Kier alpha value is -3.47. The van der Waals surface area contributed by atoms with E-state index in [-0.39, 0.29) is 12.1 Å². The Morgan fingerprint density at radius 3 is 2.00 bits per heavy atom. The van der Waals surface area contributed by atoms with Crippen LogP contribution >= 0.6 is 0 Å². The van der Waals surface area contributed by atoms with Crippen molar-refractivity contribution in [3.05, 3.63) is 96.1 Å². The molecule has 0 saturated heterocycles. The molecular weight excluding hydrogens is 348 g/mol. The van der Waals surface area contributed by atoms with Gasteiger partial charge in [0.2, 0.25) is 6.23 Å². The van der Waals surface area contributed by atoms with Gasteiger partial charge < -0.3 is 4.84 Å². The van der Waals surface area contributed by atoms with Gasteiger partial charge in [-0.15, -0.1) is 5.10 Å². The third-order valence-electron chi connectivity index (χ3n) is 4.54. The van der Waals surface area contributed by atoms with Crippen molar-refractivity contribution in [3.63, 3.8) is 0 Å². The number of aromatic nitrogens is 3. The van der Waals surface area contributed by atoms with Crippen LogP contribution in [0.25, 0.3) is 11.0 Å². The van der Waals surface area contributed by atoms with Gasteiger partial charge in [-0.25, -0.2) is 4.68 Å². The van der Waals surface area contributed by atoms with E-state index in [2.05, 4.69) is 29.3 Å². The van der Waals surface area contributed by atoms with E-state index in [0.29, 0.717) is 0 Å². The molecular formula is C23H22N4O. The maximum Gasteiger partial charge on any atom is 0.223 e. The van der Waals surface area contributed by atoms with Gasteiger partial charge >= 0.3 is 0 Å². The first-order chi connectivity index (χ1) is 13.7. The summed E-state index contributed by atoms with van der Waals surface area (Å²) in [5, 5.41) is 13.1. The molecule has 0 bridgehead atoms. The molecule has 0 aliphatic carbocycles. The van der Waals surface area contributed by atoms with Gasteiger partial charge in [-0.3, -0.25) is 0 Å². The number of para-hydroxylation sites is 1. The van der Waals surface area contributed by atoms with E-state index >= 15 is 0 Å². The molecule has 0 saturated carbocycles. The molecule has 3 aromatic carbocycles. The standard InChI is InChI=1S/C23H22N4O/c1-17(2)23(27-21-16-10-9-15-20(21)24-26-27)28-25-22(18-11-5-3-6-12-18)19-13-7-4-8-14-19/h3-17,23H,1-2H3. The zero-order chi connectivity index (χ0) is 19.3. The largest absolute Gasteiger partial charge is 0.368 e. The fourth-order valence-corrected chi connectivity index (χ4v) is 3.09. The van der Waals surface area contributed by atoms with Crippen molar-refractivity contribution >= 4 is 16.7 Å². The maximum atomic E-state index is 6.08. The van der Waals surface area contributed by atoms with Gasteiger partial charge in [0.25, 0.3) is 0 Å². The van der Waals surface area contributed by atoms with Crippen molar-refractivity contribution in [2.75, 3.05) is 0 Å². The molecule has 140 valence electrons. The van der Waals surface area contributed by atoms with Crippen molar-refractivity contribution in [2.24, 2.45) is 11.1 Å². The van der Waals surface area contributed by atoms with Crippen LogP contribution in [-0.4, -0.2) is 20.7 Å². The molecule has 5 nitrogen and oxygen atoms in total. The number of oxime groups is 1. The highest BCUT2D eigenvalue weighted by Gasteiger charge is 2.21. The molecule has 4 aromatic rings. The van der Waals surface area contributed by atoms with Crippen molar-refractivity contribution in [1.29, 1.82) is 0 Å². The Bertz CT molecular complexity index is 1030. The monoisotopic (exact) mass is 370 g/mol. The van der Waals surface area contributed by atoms with Gasteiger partial charge in [-0.1, -0.05) is 97.0 Å². The summed E-state index contributed by atoms with van der Waals surface area (Å²) in [5.41, 5.74) is 4.56. The van der Waals surface area contributed by atoms with E-state index in [0.717, 1.165) is 27.9 Å². The Morgan fingerprint density at radius 1 is 0.821 bits per heavy atom. The zero-order valence-electron chi connectivity index (χ0n) is 15.9. The average Bonchev–Trinajstić information content (AvgIpc) is 3.16. The molecule has 0 N–H and O–H groups in total. The minimum Gasteiger partial charge on any atom is -0.368 e. The van der Waals surface area contributed by atoms with Crippen LogP contribution in [0.1, 0.15) is 31.2 Å². The van der Waals surface area contributed by atoms with E-state index in [9.17, 15) is 0 Å². The van der Waals surface area contributed by atoms with Crippen LogP contribution in [0.2, 0.25) is 0 Å². The molecule has 0 radical (unpaired) electrons. The van der Waals surface area contributed by atoms with Gasteiger partial charge in [0, 0.05) is 17.0 Å². The summed E-state index contributed by atoms with van der Waals surface area (Å²) in [6.45, 7) is 4.17. The van der Waals surface area contributed by atoms with Crippen LogP contribution < -0.4 is 0 Å². The van der Waals surface area contributed by atoms with Crippen LogP contribution in [0.15, 0.2) is 90.1 Å². The van der Waals surface area contributed by atoms with Crippen molar-refractivity contribution in [3.8, 4) is 0 Å². The SMILES string of the molecule is CC(C)C(ON=C(c1ccccc1)c1ccccc1)n1nnc2ccccc21. The van der Waals surface area contributed by atoms with Crippen LogP contribution in [0.3, 0.4) is 0 Å². The van der Waals surface area contributed by atoms with Crippen molar-refractivity contribution in [2.45, 2.75) is 20.1 Å². The number of hydrogen-bond acceptors (Lipinski definition) is 4. The molecule has 0 spiro atoms. The Morgan fingerprint density at radius 2 is 1.39 bits per heavy atom. The summed E-state index contributed by atoms with van der Waals surface area (Å²) in [6, 6.07) is 28.0. The topological polar surface area (TPSA) is 52.3 Å². The summed E-state index contributed by atoms with van der Waals surface area (Å²) in [5.74, 6) is 0.154. The fraction of sp³-hybridized carbons (Fsp3) is 0.174. The summed E-state index contributed by atoms with van der Waals surface area (Å²) in [7, 11) is 0. The first kappa shape index (κ1) is 17.9.